The lowest BCUT2D eigenvalue weighted by molar-refractivity contribution is 0.103. The second-order valence-electron chi connectivity index (χ2n) is 5.41. The van der Waals surface area contributed by atoms with E-state index in [9.17, 15) is 4.79 Å². The lowest BCUT2D eigenvalue weighted by Crippen LogP contribution is -2.03. The van der Waals surface area contributed by atoms with Gasteiger partial charge in [0.05, 0.1) is 20.8 Å². The molecule has 0 fully saturated rings. The first-order valence-electron chi connectivity index (χ1n) is 7.81. The van der Waals surface area contributed by atoms with Crippen LogP contribution in [-0.2, 0) is 6.54 Å². The number of ketones is 1. The van der Waals surface area contributed by atoms with Crippen molar-refractivity contribution in [3.8, 4) is 11.5 Å². The Balaban J connectivity index is 1.70. The minimum absolute atomic E-state index is 0.0771. The molecule has 0 saturated carbocycles. The number of hydrogen-bond acceptors (Lipinski definition) is 6. The molecule has 3 aromatic rings. The predicted molar refractivity (Wildman–Crippen MR) is 104 cm³/mol. The number of aromatic nitrogens is 1. The smallest absolute Gasteiger partial charge is 0.193 e. The molecular formula is C19H17ClN2O3S. The Morgan fingerprint density at radius 3 is 2.38 bits per heavy atom. The van der Waals surface area contributed by atoms with E-state index in [-0.39, 0.29) is 5.78 Å². The Kier molecular flexibility index (Phi) is 5.75. The molecule has 5 nitrogen and oxygen atoms in total. The van der Waals surface area contributed by atoms with E-state index in [4.69, 9.17) is 21.1 Å². The van der Waals surface area contributed by atoms with Crippen molar-refractivity contribution >= 4 is 34.4 Å². The maximum absolute atomic E-state index is 12.7. The van der Waals surface area contributed by atoms with Gasteiger partial charge in [0.1, 0.15) is 0 Å². The summed E-state index contributed by atoms with van der Waals surface area (Å²) in [6.45, 7) is 0.632. The molecule has 1 N–H and O–H groups in total. The summed E-state index contributed by atoms with van der Waals surface area (Å²) in [4.78, 5) is 17.7. The molecule has 0 amide bonds. The normalized spacial score (nSPS) is 10.4. The van der Waals surface area contributed by atoms with Crippen molar-refractivity contribution in [3.05, 3.63) is 69.1 Å². The van der Waals surface area contributed by atoms with E-state index in [0.29, 0.717) is 33.6 Å². The minimum Gasteiger partial charge on any atom is -0.493 e. The van der Waals surface area contributed by atoms with Crippen LogP contribution in [0.2, 0.25) is 4.47 Å². The number of halogens is 1. The quantitative estimate of drug-likeness (QED) is 0.596. The Morgan fingerprint density at radius 2 is 1.77 bits per heavy atom. The monoisotopic (exact) mass is 388 g/mol. The summed E-state index contributed by atoms with van der Waals surface area (Å²) in [5.74, 6) is 1.04. The highest BCUT2D eigenvalue weighted by atomic mass is 35.5. The summed E-state index contributed by atoms with van der Waals surface area (Å²) in [5, 5.41) is 3.28. The number of benzene rings is 2. The van der Waals surface area contributed by atoms with Gasteiger partial charge in [-0.25, -0.2) is 4.98 Å². The summed E-state index contributed by atoms with van der Waals surface area (Å²) in [7, 11) is 3.11. The van der Waals surface area contributed by atoms with Gasteiger partial charge < -0.3 is 14.8 Å². The standard InChI is InChI=1S/C19H17ClN2O3S/c1-24-16-8-5-13(9-17(16)25-2)18(23)12-3-6-14(7-4-12)21-10-15-11-22-19(20)26-15/h3-9,11,21H,10H2,1-2H3. The predicted octanol–water partition coefficient (Wildman–Crippen LogP) is 4.66. The van der Waals surface area contributed by atoms with E-state index >= 15 is 0 Å². The molecule has 3 rings (SSSR count). The number of nitrogens with one attached hydrogen (secondary N) is 1. The lowest BCUT2D eigenvalue weighted by atomic mass is 10.0. The molecular weight excluding hydrogens is 372 g/mol. The largest absolute Gasteiger partial charge is 0.493 e. The molecule has 0 aliphatic rings. The fourth-order valence-electron chi connectivity index (χ4n) is 2.44. The van der Waals surface area contributed by atoms with Gasteiger partial charge in [-0.05, 0) is 42.5 Å². The van der Waals surface area contributed by atoms with Gasteiger partial charge in [-0.15, -0.1) is 11.3 Å². The van der Waals surface area contributed by atoms with E-state index in [1.807, 2.05) is 12.1 Å². The first kappa shape index (κ1) is 18.2. The Bertz CT molecular complexity index is 909. The molecule has 0 unspecified atom stereocenters. The van der Waals surface area contributed by atoms with E-state index < -0.39 is 0 Å². The van der Waals surface area contributed by atoms with Gasteiger partial charge in [0.15, 0.2) is 21.7 Å². The zero-order chi connectivity index (χ0) is 18.5. The number of anilines is 1. The summed E-state index contributed by atoms with van der Waals surface area (Å²) in [6, 6.07) is 12.5. The summed E-state index contributed by atoms with van der Waals surface area (Å²) in [5.41, 5.74) is 2.06. The van der Waals surface area contributed by atoms with Gasteiger partial charge >= 0.3 is 0 Å². The van der Waals surface area contributed by atoms with Crippen LogP contribution in [0.1, 0.15) is 20.8 Å². The SMILES string of the molecule is COc1ccc(C(=O)c2ccc(NCc3cnc(Cl)s3)cc2)cc1OC. The van der Waals surface area contributed by atoms with Gasteiger partial charge in [0.2, 0.25) is 0 Å². The van der Waals surface area contributed by atoms with Crippen molar-refractivity contribution < 1.29 is 14.3 Å². The Morgan fingerprint density at radius 1 is 1.08 bits per heavy atom. The number of thiazole rings is 1. The zero-order valence-corrected chi connectivity index (χ0v) is 15.9. The van der Waals surface area contributed by atoms with Gasteiger partial charge in [0.25, 0.3) is 0 Å². The van der Waals surface area contributed by atoms with Gasteiger partial charge in [-0.1, -0.05) is 11.6 Å². The van der Waals surface area contributed by atoms with Crippen LogP contribution in [-0.4, -0.2) is 25.0 Å². The van der Waals surface area contributed by atoms with Crippen molar-refractivity contribution in [1.82, 2.24) is 4.98 Å². The molecule has 2 aromatic carbocycles. The zero-order valence-electron chi connectivity index (χ0n) is 14.3. The molecule has 7 heteroatoms. The van der Waals surface area contributed by atoms with Crippen molar-refractivity contribution in [1.29, 1.82) is 0 Å². The number of rotatable bonds is 7. The molecule has 1 heterocycles. The van der Waals surface area contributed by atoms with E-state index in [1.165, 1.54) is 11.3 Å². The molecule has 0 atom stereocenters. The maximum Gasteiger partial charge on any atom is 0.193 e. The van der Waals surface area contributed by atoms with Crippen LogP contribution in [0.25, 0.3) is 0 Å². The van der Waals surface area contributed by atoms with Crippen LogP contribution in [0.3, 0.4) is 0 Å². The number of ether oxygens (including phenoxy) is 2. The number of carbonyl (C=O) groups is 1. The highest BCUT2D eigenvalue weighted by molar-refractivity contribution is 7.15. The second kappa shape index (κ2) is 8.21. The van der Waals surface area contributed by atoms with Crippen molar-refractivity contribution in [3.63, 3.8) is 0 Å². The fourth-order valence-corrected chi connectivity index (χ4v) is 3.36. The summed E-state index contributed by atoms with van der Waals surface area (Å²) >= 11 is 7.26. The first-order chi connectivity index (χ1) is 12.6. The van der Waals surface area contributed by atoms with E-state index in [2.05, 4.69) is 10.3 Å². The van der Waals surface area contributed by atoms with Crippen molar-refractivity contribution in [2.24, 2.45) is 0 Å². The third-order valence-corrected chi connectivity index (χ3v) is 4.90. The maximum atomic E-state index is 12.7. The number of methoxy groups -OCH3 is 2. The van der Waals surface area contributed by atoms with Crippen LogP contribution in [0.15, 0.2) is 48.7 Å². The molecule has 26 heavy (non-hydrogen) atoms. The molecule has 0 spiro atoms. The molecule has 0 bridgehead atoms. The van der Waals surface area contributed by atoms with E-state index in [0.717, 1.165) is 10.6 Å². The topological polar surface area (TPSA) is 60.5 Å². The third-order valence-electron chi connectivity index (χ3n) is 3.78. The average molecular weight is 389 g/mol. The Labute approximate surface area is 160 Å². The van der Waals surface area contributed by atoms with Crippen molar-refractivity contribution in [2.45, 2.75) is 6.54 Å². The molecule has 134 valence electrons. The molecule has 1 aromatic heterocycles. The van der Waals surface area contributed by atoms with Gasteiger partial charge in [0, 0.05) is 27.9 Å². The average Bonchev–Trinajstić information content (AvgIpc) is 3.11. The van der Waals surface area contributed by atoms with Crippen LogP contribution in [0, 0.1) is 0 Å². The Hall–Kier alpha value is -2.57. The van der Waals surface area contributed by atoms with Gasteiger partial charge in [-0.2, -0.15) is 0 Å². The molecule has 0 aliphatic carbocycles. The minimum atomic E-state index is -0.0771. The summed E-state index contributed by atoms with van der Waals surface area (Å²) in [6.07, 6.45) is 1.74. The first-order valence-corrected chi connectivity index (χ1v) is 9.01. The molecule has 0 radical (unpaired) electrons. The van der Waals surface area contributed by atoms with Crippen LogP contribution < -0.4 is 14.8 Å². The summed E-state index contributed by atoms with van der Waals surface area (Å²) < 4.78 is 11.0. The fraction of sp³-hybridized carbons (Fsp3) is 0.158. The lowest BCUT2D eigenvalue weighted by Gasteiger charge is -2.10. The number of carbonyl (C=O) groups excluding carboxylic acids is 1. The highest BCUT2D eigenvalue weighted by Crippen LogP contribution is 2.28. The van der Waals surface area contributed by atoms with E-state index in [1.54, 1.807) is 50.7 Å². The molecule has 0 saturated heterocycles. The molecule has 0 aliphatic heterocycles. The van der Waals surface area contributed by atoms with Crippen LogP contribution in [0.5, 0.6) is 11.5 Å². The second-order valence-corrected chi connectivity index (χ2v) is 7.11. The highest BCUT2D eigenvalue weighted by Gasteiger charge is 2.13. The van der Waals surface area contributed by atoms with Crippen LogP contribution in [0.4, 0.5) is 5.69 Å². The number of nitrogens with zero attached hydrogens (tertiary/aromatic N) is 1. The van der Waals surface area contributed by atoms with Crippen LogP contribution >= 0.6 is 22.9 Å². The third kappa shape index (κ3) is 4.15. The number of hydrogen-bond donors (Lipinski definition) is 1. The van der Waals surface area contributed by atoms with Crippen molar-refractivity contribution in [2.75, 3.05) is 19.5 Å². The van der Waals surface area contributed by atoms with Gasteiger partial charge in [-0.3, -0.25) is 4.79 Å².